The van der Waals surface area contributed by atoms with Gasteiger partial charge in [-0.25, -0.2) is 15.0 Å². The molecule has 2 aromatic rings. The minimum atomic E-state index is -0.110. The van der Waals surface area contributed by atoms with E-state index in [0.29, 0.717) is 42.3 Å². The van der Waals surface area contributed by atoms with E-state index >= 15 is 0 Å². The third kappa shape index (κ3) is 4.57. The highest BCUT2D eigenvalue weighted by Gasteiger charge is 2.27. The Bertz CT molecular complexity index is 946. The number of anilines is 1. The Morgan fingerprint density at radius 2 is 1.93 bits per heavy atom. The van der Waals surface area contributed by atoms with Crippen molar-refractivity contribution in [3.63, 3.8) is 0 Å². The van der Waals surface area contributed by atoms with Crippen LogP contribution in [0.1, 0.15) is 69.7 Å². The van der Waals surface area contributed by atoms with Gasteiger partial charge >= 0.3 is 5.97 Å². The molecule has 0 unspecified atom stereocenters. The highest BCUT2D eigenvalue weighted by atomic mass is 16.5. The normalized spacial score (nSPS) is 22.0. The van der Waals surface area contributed by atoms with Crippen molar-refractivity contribution in [1.29, 1.82) is 0 Å². The topological polar surface area (TPSA) is 122 Å². The maximum absolute atomic E-state index is 12.0. The highest BCUT2D eigenvalue weighted by molar-refractivity contribution is 5.82. The number of ether oxygens (including phenoxy) is 1. The van der Waals surface area contributed by atoms with Crippen LogP contribution >= 0.6 is 0 Å². The Morgan fingerprint density at radius 1 is 1.17 bits per heavy atom. The van der Waals surface area contributed by atoms with Gasteiger partial charge in [0.1, 0.15) is 12.1 Å². The molecule has 2 aliphatic rings. The third-order valence-corrected chi connectivity index (χ3v) is 6.30. The second-order valence-corrected chi connectivity index (χ2v) is 8.37. The Morgan fingerprint density at radius 3 is 2.67 bits per heavy atom. The summed E-state index contributed by atoms with van der Waals surface area (Å²) < 4.78 is 7.30. The summed E-state index contributed by atoms with van der Waals surface area (Å²) in [4.78, 5) is 25.4. The molecule has 0 bridgehead atoms. The van der Waals surface area contributed by atoms with Crippen molar-refractivity contribution < 1.29 is 9.53 Å². The molecule has 2 fully saturated rings. The molecule has 2 saturated carbocycles. The minimum absolute atomic E-state index is 0.00201. The lowest BCUT2D eigenvalue weighted by Crippen LogP contribution is -2.25. The maximum atomic E-state index is 12.0. The second kappa shape index (κ2) is 9.43. The number of carbonyl (C=O) groups excluding carboxylic acids is 1. The van der Waals surface area contributed by atoms with E-state index in [9.17, 15) is 4.79 Å². The monoisotopic (exact) mass is 410 g/mol. The van der Waals surface area contributed by atoms with Gasteiger partial charge in [-0.1, -0.05) is 18.8 Å². The number of rotatable bonds is 5. The van der Waals surface area contributed by atoms with Crippen LogP contribution in [0.5, 0.6) is 0 Å². The van der Waals surface area contributed by atoms with E-state index in [4.69, 9.17) is 16.2 Å². The third-order valence-electron chi connectivity index (χ3n) is 6.30. The number of hydrogen-bond acceptors (Lipinski definition) is 7. The fraction of sp³-hybridized carbons (Fsp3) is 0.636. The predicted molar refractivity (Wildman–Crippen MR) is 114 cm³/mol. The van der Waals surface area contributed by atoms with E-state index in [2.05, 4.69) is 31.4 Å². The molecule has 4 N–H and O–H groups in total. The van der Waals surface area contributed by atoms with Gasteiger partial charge in [-0.2, -0.15) is 0 Å². The van der Waals surface area contributed by atoms with Crippen molar-refractivity contribution >= 4 is 23.0 Å². The molecule has 2 aromatic heterocycles. The van der Waals surface area contributed by atoms with Crippen molar-refractivity contribution in [2.24, 2.45) is 17.6 Å². The van der Waals surface area contributed by atoms with Gasteiger partial charge < -0.3 is 20.8 Å². The number of aromatic nitrogens is 4. The van der Waals surface area contributed by atoms with Crippen LogP contribution in [0.25, 0.3) is 11.2 Å². The SMILES string of the molecule is NCCOC(=O)C1CCC(CC#Cc2nc(N)c3ncn(C4CCCC4)c3n2)CC1. The molecule has 0 spiro atoms. The van der Waals surface area contributed by atoms with Gasteiger partial charge in [0.25, 0.3) is 0 Å². The van der Waals surface area contributed by atoms with Crippen molar-refractivity contribution in [3.05, 3.63) is 12.2 Å². The number of esters is 1. The smallest absolute Gasteiger partial charge is 0.308 e. The number of nitrogens with zero attached hydrogens (tertiary/aromatic N) is 4. The van der Waals surface area contributed by atoms with Gasteiger partial charge in [0.15, 0.2) is 11.5 Å². The van der Waals surface area contributed by atoms with Crippen LogP contribution < -0.4 is 11.5 Å². The Kier molecular flexibility index (Phi) is 6.48. The number of nitrogens with two attached hydrogens (primary N) is 2. The van der Waals surface area contributed by atoms with Crippen LogP contribution in [-0.4, -0.2) is 38.6 Å². The van der Waals surface area contributed by atoms with E-state index in [1.807, 2.05) is 6.33 Å². The van der Waals surface area contributed by atoms with Gasteiger partial charge in [-0.15, -0.1) is 0 Å². The molecule has 30 heavy (non-hydrogen) atoms. The molecule has 0 amide bonds. The lowest BCUT2D eigenvalue weighted by atomic mass is 9.81. The van der Waals surface area contributed by atoms with Gasteiger partial charge in [0.2, 0.25) is 5.82 Å². The Balaban J connectivity index is 1.37. The standard InChI is InChI=1S/C22H30N6O2/c23-12-13-30-22(29)16-10-8-15(9-11-16)4-3-7-18-26-20(24)19-21(27-18)28(14-25-19)17-5-1-2-6-17/h14-17H,1-2,4-6,8-13,23H2,(H2,24,26,27). The summed E-state index contributed by atoms with van der Waals surface area (Å²) in [6.45, 7) is 0.674. The van der Waals surface area contributed by atoms with Crippen LogP contribution in [0.4, 0.5) is 5.82 Å². The summed E-state index contributed by atoms with van der Waals surface area (Å²) in [6, 6.07) is 0.442. The second-order valence-electron chi connectivity index (χ2n) is 8.37. The van der Waals surface area contributed by atoms with E-state index in [0.717, 1.165) is 50.6 Å². The molecule has 0 aromatic carbocycles. The van der Waals surface area contributed by atoms with Crippen molar-refractivity contribution in [1.82, 2.24) is 19.5 Å². The zero-order chi connectivity index (χ0) is 20.9. The first-order chi connectivity index (χ1) is 14.7. The molecule has 4 rings (SSSR count). The van der Waals surface area contributed by atoms with Gasteiger partial charge in [-0.3, -0.25) is 4.79 Å². The van der Waals surface area contributed by atoms with Crippen LogP contribution in [0.15, 0.2) is 6.33 Å². The minimum Gasteiger partial charge on any atom is -0.464 e. The van der Waals surface area contributed by atoms with E-state index in [1.54, 1.807) is 0 Å². The van der Waals surface area contributed by atoms with Crippen LogP contribution in [0.2, 0.25) is 0 Å². The van der Waals surface area contributed by atoms with Crippen LogP contribution in [0, 0.1) is 23.7 Å². The summed E-state index contributed by atoms with van der Waals surface area (Å²) in [5.41, 5.74) is 13.0. The first-order valence-electron chi connectivity index (χ1n) is 11.0. The molecule has 8 nitrogen and oxygen atoms in total. The molecule has 0 saturated heterocycles. The largest absolute Gasteiger partial charge is 0.464 e. The zero-order valence-electron chi connectivity index (χ0n) is 17.3. The molecule has 0 radical (unpaired) electrons. The lowest BCUT2D eigenvalue weighted by molar-refractivity contribution is -0.149. The summed E-state index contributed by atoms with van der Waals surface area (Å²) in [6.07, 6.45) is 11.1. The number of carbonyl (C=O) groups is 1. The summed E-state index contributed by atoms with van der Waals surface area (Å²) in [5.74, 6) is 7.55. The molecular weight excluding hydrogens is 380 g/mol. The maximum Gasteiger partial charge on any atom is 0.308 e. The number of nitrogen functional groups attached to an aromatic ring is 1. The van der Waals surface area contributed by atoms with Gasteiger partial charge in [0.05, 0.1) is 12.2 Å². The van der Waals surface area contributed by atoms with E-state index < -0.39 is 0 Å². The van der Waals surface area contributed by atoms with Crippen molar-refractivity contribution in [3.8, 4) is 11.8 Å². The fourth-order valence-corrected chi connectivity index (χ4v) is 4.60. The highest BCUT2D eigenvalue weighted by Crippen LogP contribution is 2.33. The Labute approximate surface area is 176 Å². The van der Waals surface area contributed by atoms with Crippen LogP contribution in [-0.2, 0) is 9.53 Å². The first-order valence-corrected chi connectivity index (χ1v) is 11.0. The van der Waals surface area contributed by atoms with E-state index in [1.165, 1.54) is 12.8 Å². The van der Waals surface area contributed by atoms with Gasteiger partial charge in [0, 0.05) is 19.0 Å². The summed E-state index contributed by atoms with van der Waals surface area (Å²) >= 11 is 0. The summed E-state index contributed by atoms with van der Waals surface area (Å²) in [7, 11) is 0. The Hall–Kier alpha value is -2.66. The molecule has 2 aliphatic carbocycles. The lowest BCUT2D eigenvalue weighted by Gasteiger charge is -2.25. The van der Waals surface area contributed by atoms with Gasteiger partial charge in [-0.05, 0) is 50.4 Å². The zero-order valence-corrected chi connectivity index (χ0v) is 17.3. The quantitative estimate of drug-likeness (QED) is 0.574. The van der Waals surface area contributed by atoms with Crippen molar-refractivity contribution in [2.45, 2.75) is 63.8 Å². The van der Waals surface area contributed by atoms with E-state index in [-0.39, 0.29) is 11.9 Å². The fourth-order valence-electron chi connectivity index (χ4n) is 4.60. The average molecular weight is 411 g/mol. The van der Waals surface area contributed by atoms with Crippen molar-refractivity contribution in [2.75, 3.05) is 18.9 Å². The number of fused-ring (bicyclic) bond motifs is 1. The molecule has 160 valence electrons. The molecule has 0 atom stereocenters. The molecule has 0 aliphatic heterocycles. The first kappa shape index (κ1) is 20.6. The molecule has 2 heterocycles. The predicted octanol–water partition coefficient (Wildman–Crippen LogP) is 2.57. The summed E-state index contributed by atoms with van der Waals surface area (Å²) in [5, 5.41) is 0. The number of hydrogen-bond donors (Lipinski definition) is 2. The molecular formula is C22H30N6O2. The van der Waals surface area contributed by atoms with Crippen LogP contribution in [0.3, 0.4) is 0 Å². The number of imidazole rings is 1. The average Bonchev–Trinajstić information content (AvgIpc) is 3.42. The molecule has 8 heteroatoms.